The first kappa shape index (κ1) is 22.5. The number of hydrogen-bond donors (Lipinski definition) is 2. The molecule has 0 radical (unpaired) electrons. The second kappa shape index (κ2) is 10.6. The average molecular weight is 505 g/mol. The normalized spacial score (nSPS) is 19.5. The van der Waals surface area contributed by atoms with Gasteiger partial charge >= 0.3 is 0 Å². The highest BCUT2D eigenvalue weighted by molar-refractivity contribution is 14.0. The number of halogens is 1. The van der Waals surface area contributed by atoms with Crippen molar-refractivity contribution in [3.8, 4) is 11.5 Å². The van der Waals surface area contributed by atoms with Gasteiger partial charge in [0.1, 0.15) is 11.5 Å². The van der Waals surface area contributed by atoms with Crippen LogP contribution >= 0.6 is 35.7 Å². The third kappa shape index (κ3) is 5.82. The van der Waals surface area contributed by atoms with E-state index < -0.39 is 0 Å². The number of guanidine groups is 1. The maximum Gasteiger partial charge on any atom is 0.193 e. The number of ether oxygens (including phenoxy) is 1. The van der Waals surface area contributed by atoms with Crippen LogP contribution in [-0.4, -0.2) is 60.3 Å². The number of rotatable bonds is 4. The highest BCUT2D eigenvalue weighted by Crippen LogP contribution is 2.42. The third-order valence-corrected chi connectivity index (χ3v) is 7.03. The third-order valence-electron chi connectivity index (χ3n) is 5.49. The summed E-state index contributed by atoms with van der Waals surface area (Å²) in [6.45, 7) is 2.91. The van der Waals surface area contributed by atoms with Gasteiger partial charge in [0.2, 0.25) is 0 Å². The van der Waals surface area contributed by atoms with Crippen molar-refractivity contribution in [1.29, 1.82) is 0 Å². The minimum absolute atomic E-state index is 0. The van der Waals surface area contributed by atoms with Crippen molar-refractivity contribution in [2.45, 2.75) is 43.3 Å². The van der Waals surface area contributed by atoms with Crippen LogP contribution in [0, 0.1) is 0 Å². The molecule has 2 aliphatic rings. The van der Waals surface area contributed by atoms with E-state index in [0.29, 0.717) is 10.5 Å². The molecule has 3 rings (SSSR count). The largest absolute Gasteiger partial charge is 0.508 e. The number of thioether (sulfide) groups is 1. The van der Waals surface area contributed by atoms with Crippen LogP contribution in [0.4, 0.5) is 0 Å². The van der Waals surface area contributed by atoms with Gasteiger partial charge in [0.25, 0.3) is 0 Å². The lowest BCUT2D eigenvalue weighted by atomic mass is 9.87. The van der Waals surface area contributed by atoms with Crippen LogP contribution in [0.15, 0.2) is 23.2 Å². The summed E-state index contributed by atoms with van der Waals surface area (Å²) in [5.41, 5.74) is 0.923. The van der Waals surface area contributed by atoms with Crippen molar-refractivity contribution in [3.63, 3.8) is 0 Å². The van der Waals surface area contributed by atoms with E-state index in [4.69, 9.17) is 4.74 Å². The fourth-order valence-electron chi connectivity index (χ4n) is 4.05. The first-order chi connectivity index (χ1) is 12.7. The molecule has 1 aromatic carbocycles. The molecule has 0 atom stereocenters. The lowest BCUT2D eigenvalue weighted by Crippen LogP contribution is -2.53. The van der Waals surface area contributed by atoms with E-state index in [2.05, 4.69) is 27.0 Å². The predicted octanol–water partition coefficient (Wildman–Crippen LogP) is 3.89. The van der Waals surface area contributed by atoms with E-state index >= 15 is 0 Å². The number of aromatic hydroxyl groups is 1. The number of phenols is 1. The van der Waals surface area contributed by atoms with Gasteiger partial charge in [0.15, 0.2) is 5.96 Å². The molecule has 2 N–H and O–H groups in total. The van der Waals surface area contributed by atoms with Gasteiger partial charge in [-0.25, -0.2) is 0 Å². The molecule has 0 aromatic heterocycles. The molecular weight excluding hydrogens is 473 g/mol. The number of hydrogen-bond acceptors (Lipinski definition) is 4. The van der Waals surface area contributed by atoms with Gasteiger partial charge in [-0.15, -0.1) is 24.0 Å². The van der Waals surface area contributed by atoms with E-state index in [-0.39, 0.29) is 29.7 Å². The molecule has 0 bridgehead atoms. The molecule has 152 valence electrons. The lowest BCUT2D eigenvalue weighted by molar-refractivity contribution is 0.293. The van der Waals surface area contributed by atoms with E-state index in [0.717, 1.165) is 37.6 Å². The Morgan fingerprint density at radius 2 is 2.11 bits per heavy atom. The van der Waals surface area contributed by atoms with Gasteiger partial charge in [0, 0.05) is 43.2 Å². The van der Waals surface area contributed by atoms with Gasteiger partial charge in [-0.2, -0.15) is 11.8 Å². The van der Waals surface area contributed by atoms with Crippen LogP contribution in [-0.2, 0) is 6.42 Å². The molecule has 1 saturated heterocycles. The lowest BCUT2D eigenvalue weighted by Gasteiger charge is -2.45. The number of methoxy groups -OCH3 is 1. The first-order valence-corrected chi connectivity index (χ1v) is 10.6. The summed E-state index contributed by atoms with van der Waals surface area (Å²) in [5.74, 6) is 3.14. The molecule has 0 unspecified atom stereocenters. The average Bonchev–Trinajstić information content (AvgIpc) is 2.67. The van der Waals surface area contributed by atoms with Crippen LogP contribution in [0.2, 0.25) is 0 Å². The van der Waals surface area contributed by atoms with Crippen molar-refractivity contribution in [1.82, 2.24) is 10.2 Å². The zero-order chi connectivity index (χ0) is 18.4. The molecule has 1 aliphatic heterocycles. The highest BCUT2D eigenvalue weighted by Gasteiger charge is 2.38. The van der Waals surface area contributed by atoms with Gasteiger partial charge in [0.05, 0.1) is 7.11 Å². The summed E-state index contributed by atoms with van der Waals surface area (Å²) < 4.78 is 5.57. The van der Waals surface area contributed by atoms with Crippen molar-refractivity contribution in [3.05, 3.63) is 23.8 Å². The summed E-state index contributed by atoms with van der Waals surface area (Å²) >= 11 is 2.17. The summed E-state index contributed by atoms with van der Waals surface area (Å²) in [7, 11) is 3.47. The van der Waals surface area contributed by atoms with Gasteiger partial charge in [-0.3, -0.25) is 4.99 Å². The number of aliphatic imine (C=N–C) groups is 1. The Morgan fingerprint density at radius 1 is 1.33 bits per heavy atom. The van der Waals surface area contributed by atoms with Crippen LogP contribution in [0.25, 0.3) is 0 Å². The molecule has 1 aromatic rings. The molecule has 1 spiro atoms. The maximum absolute atomic E-state index is 10.1. The molecule has 1 aliphatic carbocycles. The smallest absolute Gasteiger partial charge is 0.193 e. The van der Waals surface area contributed by atoms with Crippen molar-refractivity contribution in [2.75, 3.05) is 39.5 Å². The van der Waals surface area contributed by atoms with Crippen molar-refractivity contribution in [2.24, 2.45) is 4.99 Å². The second-order valence-corrected chi connectivity index (χ2v) is 8.80. The quantitative estimate of drug-likeness (QED) is 0.370. The number of phenolic OH excluding ortho intramolecular Hbond substituents is 1. The zero-order valence-electron chi connectivity index (χ0n) is 16.4. The summed E-state index contributed by atoms with van der Waals surface area (Å²) in [4.78, 5) is 6.94. The van der Waals surface area contributed by atoms with E-state index in [1.807, 2.05) is 19.2 Å². The first-order valence-electron chi connectivity index (χ1n) is 9.61. The van der Waals surface area contributed by atoms with Gasteiger partial charge < -0.3 is 20.1 Å². The summed E-state index contributed by atoms with van der Waals surface area (Å²) in [6, 6.07) is 5.48. The summed E-state index contributed by atoms with van der Waals surface area (Å²) in [5, 5.41) is 13.6. The standard InChI is InChI=1S/C20H31N3O2S.HI/c1-21-19(22-11-8-16-6-7-17(25-2)14-18(16)24)23-12-13-26-20(15-23)9-4-3-5-10-20;/h6-7,14,24H,3-5,8-13,15H2,1-2H3,(H,21,22);1H. The maximum atomic E-state index is 10.1. The fourth-order valence-corrected chi connectivity index (χ4v) is 5.62. The van der Waals surface area contributed by atoms with Crippen LogP contribution in [0.3, 0.4) is 0 Å². The van der Waals surface area contributed by atoms with Crippen LogP contribution in [0.5, 0.6) is 11.5 Å². The Labute approximate surface area is 184 Å². The van der Waals surface area contributed by atoms with Crippen LogP contribution in [0.1, 0.15) is 37.7 Å². The monoisotopic (exact) mass is 505 g/mol. The van der Waals surface area contributed by atoms with Crippen LogP contribution < -0.4 is 10.1 Å². The topological polar surface area (TPSA) is 57.1 Å². The zero-order valence-corrected chi connectivity index (χ0v) is 19.5. The van der Waals surface area contributed by atoms with E-state index in [1.165, 1.54) is 37.9 Å². The molecule has 0 amide bonds. The second-order valence-electron chi connectivity index (χ2n) is 7.23. The Hall–Kier alpha value is -0.830. The Balaban J connectivity index is 0.00000261. The Morgan fingerprint density at radius 3 is 2.78 bits per heavy atom. The molecule has 27 heavy (non-hydrogen) atoms. The predicted molar refractivity (Wildman–Crippen MR) is 125 cm³/mol. The number of nitrogens with one attached hydrogen (secondary N) is 1. The SMILES string of the molecule is CN=C(NCCc1ccc(OC)cc1O)N1CCSC2(CCCCC2)C1.I. The Bertz CT molecular complexity index is 630. The fraction of sp³-hybridized carbons (Fsp3) is 0.650. The van der Waals surface area contributed by atoms with Crippen molar-refractivity contribution >= 4 is 41.7 Å². The molecule has 1 heterocycles. The number of nitrogens with zero attached hydrogens (tertiary/aromatic N) is 2. The van der Waals surface area contributed by atoms with Gasteiger partial charge in [-0.05, 0) is 30.9 Å². The van der Waals surface area contributed by atoms with E-state index in [1.54, 1.807) is 13.2 Å². The minimum atomic E-state index is 0. The highest BCUT2D eigenvalue weighted by atomic mass is 127. The minimum Gasteiger partial charge on any atom is -0.508 e. The van der Waals surface area contributed by atoms with E-state index in [9.17, 15) is 5.11 Å². The molecule has 5 nitrogen and oxygen atoms in total. The Kier molecular flexibility index (Phi) is 8.85. The molecule has 1 saturated carbocycles. The van der Waals surface area contributed by atoms with Gasteiger partial charge in [-0.1, -0.05) is 25.3 Å². The summed E-state index contributed by atoms with van der Waals surface area (Å²) in [6.07, 6.45) is 7.55. The molecule has 2 fully saturated rings. The molecule has 7 heteroatoms. The molecular formula is C20H32IN3O2S. The van der Waals surface area contributed by atoms with Crippen molar-refractivity contribution < 1.29 is 9.84 Å². The number of benzene rings is 1.